The average Bonchev–Trinajstić information content (AvgIpc) is 2.42. The fraction of sp³-hybridized carbons (Fsp3) is 0.267. The van der Waals surface area contributed by atoms with Crippen LogP contribution in [0.1, 0.15) is 37.1 Å². The molecule has 4 heteroatoms. The third-order valence-electron chi connectivity index (χ3n) is 3.11. The number of aromatic nitrogens is 1. The molecule has 0 saturated carbocycles. The molecule has 1 aromatic carbocycles. The number of rotatable bonds is 4. The molecule has 0 fully saturated rings. The monoisotopic (exact) mass is 262 g/mol. The smallest absolute Gasteiger partial charge is 0.128 e. The summed E-state index contributed by atoms with van der Waals surface area (Å²) in [5.41, 5.74) is 1.34. The van der Waals surface area contributed by atoms with E-state index in [4.69, 9.17) is 0 Å². The predicted molar refractivity (Wildman–Crippen MR) is 70.6 cm³/mol. The van der Waals surface area contributed by atoms with Crippen molar-refractivity contribution in [3.05, 3.63) is 65.5 Å². The van der Waals surface area contributed by atoms with Crippen LogP contribution in [0.15, 0.2) is 42.7 Å². The van der Waals surface area contributed by atoms with Gasteiger partial charge in [-0.15, -0.1) is 0 Å². The second-order valence-electron chi connectivity index (χ2n) is 4.56. The first-order valence-corrected chi connectivity index (χ1v) is 6.19. The lowest BCUT2D eigenvalue weighted by Gasteiger charge is -2.21. The Morgan fingerprint density at radius 1 is 1.11 bits per heavy atom. The molecule has 0 bridgehead atoms. The van der Waals surface area contributed by atoms with Gasteiger partial charge in [0.15, 0.2) is 0 Å². The number of hydrogen-bond acceptors (Lipinski definition) is 2. The zero-order valence-electron chi connectivity index (χ0n) is 10.9. The van der Waals surface area contributed by atoms with Crippen LogP contribution in [-0.2, 0) is 0 Å². The molecular formula is C15H16F2N2. The normalized spacial score (nSPS) is 14.1. The predicted octanol–water partition coefficient (Wildman–Crippen LogP) is 3.77. The molecular weight excluding hydrogens is 246 g/mol. The van der Waals surface area contributed by atoms with Gasteiger partial charge in [-0.2, -0.15) is 0 Å². The minimum Gasteiger partial charge on any atom is -0.303 e. The highest BCUT2D eigenvalue weighted by Crippen LogP contribution is 2.21. The highest BCUT2D eigenvalue weighted by molar-refractivity contribution is 5.23. The van der Waals surface area contributed by atoms with Crippen LogP contribution < -0.4 is 5.32 Å². The molecule has 0 aliphatic rings. The van der Waals surface area contributed by atoms with Crippen LogP contribution >= 0.6 is 0 Å². The fourth-order valence-corrected chi connectivity index (χ4v) is 2.04. The third kappa shape index (κ3) is 3.35. The lowest BCUT2D eigenvalue weighted by molar-refractivity contribution is 0.469. The summed E-state index contributed by atoms with van der Waals surface area (Å²) >= 11 is 0. The maximum Gasteiger partial charge on any atom is 0.128 e. The van der Waals surface area contributed by atoms with Crippen molar-refractivity contribution in [2.75, 3.05) is 0 Å². The van der Waals surface area contributed by atoms with Gasteiger partial charge in [-0.05, 0) is 43.7 Å². The SMILES string of the molecule is CC(NC(C)c1cc(F)ccc1F)c1cccnc1. The molecule has 2 unspecified atom stereocenters. The number of hydrogen-bond donors (Lipinski definition) is 1. The minimum absolute atomic E-state index is 0.00590. The standard InChI is InChI=1S/C15H16F2N2/c1-10(12-4-3-7-18-9-12)19-11(2)14-8-13(16)5-6-15(14)17/h3-11,19H,1-2H3. The van der Waals surface area contributed by atoms with Crippen molar-refractivity contribution in [3.63, 3.8) is 0 Å². The van der Waals surface area contributed by atoms with Gasteiger partial charge in [-0.25, -0.2) is 8.78 Å². The topological polar surface area (TPSA) is 24.9 Å². The lowest BCUT2D eigenvalue weighted by atomic mass is 10.0. The Kier molecular flexibility index (Phi) is 4.22. The van der Waals surface area contributed by atoms with E-state index in [1.807, 2.05) is 26.0 Å². The summed E-state index contributed by atoms with van der Waals surface area (Å²) in [7, 11) is 0. The fourth-order valence-electron chi connectivity index (χ4n) is 2.04. The Labute approximate surface area is 111 Å². The van der Waals surface area contributed by atoms with Gasteiger partial charge in [0.05, 0.1) is 0 Å². The Morgan fingerprint density at radius 2 is 1.89 bits per heavy atom. The van der Waals surface area contributed by atoms with Gasteiger partial charge in [0.25, 0.3) is 0 Å². The molecule has 1 heterocycles. The number of nitrogens with zero attached hydrogens (tertiary/aromatic N) is 1. The van der Waals surface area contributed by atoms with Crippen molar-refractivity contribution < 1.29 is 8.78 Å². The minimum atomic E-state index is -0.431. The van der Waals surface area contributed by atoms with Gasteiger partial charge in [0, 0.05) is 30.0 Å². The number of halogens is 2. The summed E-state index contributed by atoms with van der Waals surface area (Å²) in [6, 6.07) is 7.01. The van der Waals surface area contributed by atoms with Gasteiger partial charge in [0.2, 0.25) is 0 Å². The van der Waals surface area contributed by atoms with Gasteiger partial charge in [-0.1, -0.05) is 6.07 Å². The average molecular weight is 262 g/mol. The maximum atomic E-state index is 13.7. The second-order valence-corrected chi connectivity index (χ2v) is 4.56. The van der Waals surface area contributed by atoms with E-state index in [0.717, 1.165) is 17.7 Å². The van der Waals surface area contributed by atoms with E-state index in [1.165, 1.54) is 6.07 Å². The van der Waals surface area contributed by atoms with Gasteiger partial charge in [-0.3, -0.25) is 4.98 Å². The highest BCUT2D eigenvalue weighted by Gasteiger charge is 2.15. The molecule has 0 spiro atoms. The van der Waals surface area contributed by atoms with Crippen LogP contribution in [0.4, 0.5) is 8.78 Å². The maximum absolute atomic E-state index is 13.7. The third-order valence-corrected chi connectivity index (χ3v) is 3.11. The van der Waals surface area contributed by atoms with E-state index in [9.17, 15) is 8.78 Å². The van der Waals surface area contributed by atoms with E-state index in [-0.39, 0.29) is 12.1 Å². The summed E-state index contributed by atoms with van der Waals surface area (Å²) in [4.78, 5) is 4.04. The molecule has 100 valence electrons. The Morgan fingerprint density at radius 3 is 2.58 bits per heavy atom. The summed E-state index contributed by atoms with van der Waals surface area (Å²) in [6.07, 6.45) is 3.46. The zero-order valence-corrected chi connectivity index (χ0v) is 10.9. The number of benzene rings is 1. The summed E-state index contributed by atoms with van der Waals surface area (Å²) in [6.45, 7) is 3.77. The van der Waals surface area contributed by atoms with Crippen molar-refractivity contribution in [3.8, 4) is 0 Å². The van der Waals surface area contributed by atoms with Crippen molar-refractivity contribution in [2.24, 2.45) is 0 Å². The van der Waals surface area contributed by atoms with Gasteiger partial charge >= 0.3 is 0 Å². The zero-order chi connectivity index (χ0) is 13.8. The first-order chi connectivity index (χ1) is 9.08. The molecule has 2 atom stereocenters. The molecule has 0 amide bonds. The van der Waals surface area contributed by atoms with Crippen molar-refractivity contribution >= 4 is 0 Å². The Hall–Kier alpha value is -1.81. The van der Waals surface area contributed by atoms with E-state index >= 15 is 0 Å². The van der Waals surface area contributed by atoms with E-state index in [0.29, 0.717) is 5.56 Å². The van der Waals surface area contributed by atoms with Crippen molar-refractivity contribution in [1.82, 2.24) is 10.3 Å². The van der Waals surface area contributed by atoms with Crippen LogP contribution in [-0.4, -0.2) is 4.98 Å². The summed E-state index contributed by atoms with van der Waals surface area (Å²) < 4.78 is 26.8. The van der Waals surface area contributed by atoms with Crippen molar-refractivity contribution in [1.29, 1.82) is 0 Å². The van der Waals surface area contributed by atoms with Crippen LogP contribution in [0.2, 0.25) is 0 Å². The molecule has 0 radical (unpaired) electrons. The molecule has 2 rings (SSSR count). The quantitative estimate of drug-likeness (QED) is 0.907. The van der Waals surface area contributed by atoms with Crippen molar-refractivity contribution in [2.45, 2.75) is 25.9 Å². The molecule has 2 nitrogen and oxygen atoms in total. The number of pyridine rings is 1. The molecule has 0 aliphatic carbocycles. The lowest BCUT2D eigenvalue weighted by Crippen LogP contribution is -2.23. The van der Waals surface area contributed by atoms with Crippen LogP contribution in [0.5, 0.6) is 0 Å². The first kappa shape index (κ1) is 13.6. The molecule has 19 heavy (non-hydrogen) atoms. The second kappa shape index (κ2) is 5.89. The molecule has 0 aliphatic heterocycles. The molecule has 1 aromatic heterocycles. The summed E-state index contributed by atoms with van der Waals surface area (Å²) in [5, 5.41) is 3.23. The number of nitrogens with one attached hydrogen (secondary N) is 1. The highest BCUT2D eigenvalue weighted by atomic mass is 19.1. The van der Waals surface area contributed by atoms with Gasteiger partial charge in [0.1, 0.15) is 11.6 Å². The molecule has 0 saturated heterocycles. The summed E-state index contributed by atoms with van der Waals surface area (Å²) in [5.74, 6) is -0.834. The largest absolute Gasteiger partial charge is 0.303 e. The first-order valence-electron chi connectivity index (χ1n) is 6.19. The molecule has 1 N–H and O–H groups in total. The van der Waals surface area contributed by atoms with Crippen LogP contribution in [0.3, 0.4) is 0 Å². The van der Waals surface area contributed by atoms with Gasteiger partial charge < -0.3 is 5.32 Å². The molecule has 2 aromatic rings. The van der Waals surface area contributed by atoms with E-state index < -0.39 is 11.6 Å². The Balaban J connectivity index is 2.13. The Bertz CT molecular complexity index is 543. The van der Waals surface area contributed by atoms with Crippen LogP contribution in [0.25, 0.3) is 0 Å². The van der Waals surface area contributed by atoms with E-state index in [2.05, 4.69) is 10.3 Å². The van der Waals surface area contributed by atoms with E-state index in [1.54, 1.807) is 12.4 Å². The van der Waals surface area contributed by atoms with Crippen LogP contribution in [0, 0.1) is 11.6 Å².